The summed E-state index contributed by atoms with van der Waals surface area (Å²) in [4.78, 5) is 12.9. The number of aromatic nitrogens is 5. The number of nitrogens with zero attached hydrogens (tertiary/aromatic N) is 5. The van der Waals surface area contributed by atoms with Crippen LogP contribution in [0.4, 0.5) is 13.2 Å². The maximum Gasteiger partial charge on any atom is 0.416 e. The van der Waals surface area contributed by atoms with Gasteiger partial charge in [-0.3, -0.25) is 13.9 Å². The lowest BCUT2D eigenvalue weighted by Crippen LogP contribution is -2.27. The largest absolute Gasteiger partial charge is 0.416 e. The molecule has 2 aromatic carbocycles. The first-order valence-corrected chi connectivity index (χ1v) is 11.1. The molecule has 7 nitrogen and oxygen atoms in total. The summed E-state index contributed by atoms with van der Waals surface area (Å²) in [6.45, 7) is 0.784. The molecule has 178 valence electrons. The lowest BCUT2D eigenvalue weighted by Gasteiger charge is -2.08. The Bertz CT molecular complexity index is 1490. The highest BCUT2D eigenvalue weighted by molar-refractivity contribution is 6.04. The Labute approximate surface area is 198 Å². The molecule has 0 aliphatic rings. The summed E-state index contributed by atoms with van der Waals surface area (Å²) in [5, 5.41) is 16.4. The van der Waals surface area contributed by atoms with E-state index in [0.29, 0.717) is 37.0 Å². The Morgan fingerprint density at radius 2 is 1.69 bits per heavy atom. The van der Waals surface area contributed by atoms with Crippen LogP contribution in [0.1, 0.15) is 27.4 Å². The third kappa shape index (κ3) is 4.72. The van der Waals surface area contributed by atoms with Gasteiger partial charge in [-0.05, 0) is 42.3 Å². The van der Waals surface area contributed by atoms with Gasteiger partial charge in [0.1, 0.15) is 5.82 Å². The number of halogens is 3. The average molecular weight is 478 g/mol. The molecule has 10 heteroatoms. The maximum absolute atomic E-state index is 12.9. The monoisotopic (exact) mass is 478 g/mol. The number of carbonyl (C=O) groups is 1. The zero-order valence-corrected chi connectivity index (χ0v) is 18.5. The number of fused-ring (bicyclic) bond motifs is 2. The van der Waals surface area contributed by atoms with Crippen molar-refractivity contribution in [1.29, 1.82) is 0 Å². The number of amides is 1. The van der Waals surface area contributed by atoms with Gasteiger partial charge in [0, 0.05) is 31.1 Å². The molecule has 0 unspecified atom stereocenters. The molecule has 0 saturated carbocycles. The molecule has 0 aliphatic heterocycles. The minimum atomic E-state index is -4.36. The number of aryl methyl sites for hydroxylation is 2. The molecule has 3 aromatic heterocycles. The van der Waals surface area contributed by atoms with E-state index >= 15 is 0 Å². The number of pyridine rings is 1. The number of para-hydroxylation sites is 1. The van der Waals surface area contributed by atoms with Gasteiger partial charge >= 0.3 is 6.18 Å². The molecule has 0 aliphatic carbocycles. The van der Waals surface area contributed by atoms with Crippen LogP contribution in [-0.4, -0.2) is 36.8 Å². The van der Waals surface area contributed by atoms with Crippen molar-refractivity contribution < 1.29 is 18.0 Å². The van der Waals surface area contributed by atoms with Crippen molar-refractivity contribution in [3.8, 4) is 0 Å². The van der Waals surface area contributed by atoms with E-state index in [1.165, 1.54) is 12.1 Å². The summed E-state index contributed by atoms with van der Waals surface area (Å²) in [6.07, 6.45) is -1.51. The van der Waals surface area contributed by atoms with Crippen molar-refractivity contribution in [2.24, 2.45) is 0 Å². The van der Waals surface area contributed by atoms with Crippen molar-refractivity contribution in [2.75, 3.05) is 6.54 Å². The van der Waals surface area contributed by atoms with E-state index in [2.05, 4.69) is 20.6 Å². The highest BCUT2D eigenvalue weighted by Gasteiger charge is 2.29. The van der Waals surface area contributed by atoms with Crippen molar-refractivity contribution in [3.63, 3.8) is 0 Å². The van der Waals surface area contributed by atoms with E-state index in [4.69, 9.17) is 0 Å². The summed E-state index contributed by atoms with van der Waals surface area (Å²) < 4.78 is 42.0. The summed E-state index contributed by atoms with van der Waals surface area (Å²) in [6, 6.07) is 18.1. The van der Waals surface area contributed by atoms with E-state index in [0.717, 1.165) is 34.7 Å². The number of carbonyl (C=O) groups excluding carboxylic acids is 1. The minimum absolute atomic E-state index is 0.302. The van der Waals surface area contributed by atoms with Crippen LogP contribution in [0.25, 0.3) is 16.6 Å². The Morgan fingerprint density at radius 1 is 0.914 bits per heavy atom. The van der Waals surface area contributed by atoms with Crippen molar-refractivity contribution in [1.82, 2.24) is 29.7 Å². The summed E-state index contributed by atoms with van der Waals surface area (Å²) in [5.74, 6) is 0.441. The summed E-state index contributed by atoms with van der Waals surface area (Å²) in [5.41, 5.74) is 1.91. The van der Waals surface area contributed by atoms with Gasteiger partial charge in [-0.25, -0.2) is 0 Å². The number of nitrogens with one attached hydrogen (secondary N) is 1. The third-order valence-corrected chi connectivity index (χ3v) is 5.79. The topological polar surface area (TPSA) is 77.1 Å². The quantitative estimate of drug-likeness (QED) is 0.378. The molecule has 35 heavy (non-hydrogen) atoms. The summed E-state index contributed by atoms with van der Waals surface area (Å²) >= 11 is 0. The van der Waals surface area contributed by atoms with Crippen LogP contribution in [-0.2, 0) is 25.6 Å². The fraction of sp³-hybridized carbons (Fsp3) is 0.200. The zero-order valence-electron chi connectivity index (χ0n) is 18.5. The van der Waals surface area contributed by atoms with Gasteiger partial charge in [0.05, 0.1) is 11.1 Å². The average Bonchev–Trinajstić information content (AvgIpc) is 3.44. The van der Waals surface area contributed by atoms with Crippen molar-refractivity contribution in [3.05, 3.63) is 95.6 Å². The SMILES string of the molecule is O=C(NCCc1nnc2ccccn12)c1nn(CCc2ccc(C(F)(F)F)cc2)c2ccccc12. The Kier molecular flexibility index (Phi) is 5.94. The van der Waals surface area contributed by atoms with Crippen LogP contribution in [0.5, 0.6) is 0 Å². The number of benzene rings is 2. The van der Waals surface area contributed by atoms with Crippen LogP contribution >= 0.6 is 0 Å². The second kappa shape index (κ2) is 9.21. The van der Waals surface area contributed by atoms with Crippen LogP contribution in [0.15, 0.2) is 72.9 Å². The number of alkyl halides is 3. The molecule has 1 N–H and O–H groups in total. The van der Waals surface area contributed by atoms with Gasteiger partial charge in [0.15, 0.2) is 11.3 Å². The van der Waals surface area contributed by atoms with E-state index in [1.807, 2.05) is 53.1 Å². The number of hydrogen-bond donors (Lipinski definition) is 1. The van der Waals surface area contributed by atoms with Crippen LogP contribution in [0.2, 0.25) is 0 Å². The molecule has 0 fully saturated rings. The fourth-order valence-corrected chi connectivity index (χ4v) is 3.99. The molecular formula is C25H21F3N6O. The second-order valence-electron chi connectivity index (χ2n) is 8.08. The number of hydrogen-bond acceptors (Lipinski definition) is 4. The van der Waals surface area contributed by atoms with Crippen molar-refractivity contribution >= 4 is 22.5 Å². The van der Waals surface area contributed by atoms with Crippen LogP contribution in [0.3, 0.4) is 0 Å². The first-order valence-electron chi connectivity index (χ1n) is 11.1. The molecule has 0 atom stereocenters. The number of rotatable bonds is 7. The Morgan fingerprint density at radius 3 is 2.49 bits per heavy atom. The normalized spacial score (nSPS) is 11.9. The van der Waals surface area contributed by atoms with Gasteiger partial charge in [-0.2, -0.15) is 18.3 Å². The molecule has 1 amide bonds. The Balaban J connectivity index is 1.28. The van der Waals surface area contributed by atoms with Gasteiger partial charge < -0.3 is 5.32 Å². The van der Waals surface area contributed by atoms with Gasteiger partial charge in [-0.15, -0.1) is 10.2 Å². The van der Waals surface area contributed by atoms with Gasteiger partial charge in [-0.1, -0.05) is 36.4 Å². The van der Waals surface area contributed by atoms with E-state index in [9.17, 15) is 18.0 Å². The molecular weight excluding hydrogens is 457 g/mol. The fourth-order valence-electron chi connectivity index (χ4n) is 3.99. The van der Waals surface area contributed by atoms with Crippen LogP contribution in [0, 0.1) is 0 Å². The highest BCUT2D eigenvalue weighted by Crippen LogP contribution is 2.29. The standard InChI is InChI=1S/C25H21F3N6O/c26-25(27,28)18-10-8-17(9-11-18)13-16-34-20-6-2-1-5-19(20)23(32-34)24(35)29-14-12-22-31-30-21-7-3-4-15-33(21)22/h1-11,15H,12-14,16H2,(H,29,35). The van der Waals surface area contributed by atoms with Gasteiger partial charge in [0.2, 0.25) is 0 Å². The molecule has 5 rings (SSSR count). The predicted molar refractivity (Wildman–Crippen MR) is 124 cm³/mol. The lowest BCUT2D eigenvalue weighted by atomic mass is 10.1. The first-order chi connectivity index (χ1) is 16.9. The lowest BCUT2D eigenvalue weighted by molar-refractivity contribution is -0.137. The second-order valence-corrected chi connectivity index (χ2v) is 8.08. The molecule has 0 saturated heterocycles. The molecule has 0 spiro atoms. The maximum atomic E-state index is 12.9. The van der Waals surface area contributed by atoms with E-state index < -0.39 is 11.7 Å². The molecule has 0 radical (unpaired) electrons. The minimum Gasteiger partial charge on any atom is -0.350 e. The molecule has 3 heterocycles. The molecule has 0 bridgehead atoms. The zero-order chi connectivity index (χ0) is 24.4. The smallest absolute Gasteiger partial charge is 0.350 e. The van der Waals surface area contributed by atoms with E-state index in [-0.39, 0.29) is 5.91 Å². The van der Waals surface area contributed by atoms with Crippen molar-refractivity contribution in [2.45, 2.75) is 25.6 Å². The third-order valence-electron chi connectivity index (χ3n) is 5.79. The van der Waals surface area contributed by atoms with Crippen LogP contribution < -0.4 is 5.32 Å². The Hall–Kier alpha value is -4.21. The van der Waals surface area contributed by atoms with E-state index in [1.54, 1.807) is 4.68 Å². The predicted octanol–water partition coefficient (Wildman–Crippen LogP) is 4.31. The highest BCUT2D eigenvalue weighted by atomic mass is 19.4. The van der Waals surface area contributed by atoms with Gasteiger partial charge in [0.25, 0.3) is 5.91 Å². The first kappa shape index (κ1) is 22.6. The summed E-state index contributed by atoms with van der Waals surface area (Å²) in [7, 11) is 0. The molecule has 5 aromatic rings.